The Morgan fingerprint density at radius 1 is 0.857 bits per heavy atom. The molecule has 0 aromatic carbocycles. The molecule has 0 spiro atoms. The molecule has 1 atom stereocenters. The molecule has 0 aliphatic rings. The first-order chi connectivity index (χ1) is 12.1. The molecule has 0 aromatic rings. The number of rotatable bonds is 6. The van der Waals surface area contributed by atoms with Crippen LogP contribution in [0.5, 0.6) is 0 Å². The molecule has 1 unspecified atom stereocenters. The molecule has 0 saturated heterocycles. The van der Waals surface area contributed by atoms with Gasteiger partial charge in [-0.05, 0) is 20.3 Å². The van der Waals surface area contributed by atoms with Gasteiger partial charge in [0.15, 0.2) is 0 Å². The number of Topliss-reactive ketones (excluding diaryl/α,β-unsaturated/α-hetero) is 1. The van der Waals surface area contributed by atoms with Crippen LogP contribution >= 0.6 is 0 Å². The molecule has 0 heterocycles. The Morgan fingerprint density at radius 3 is 1.32 bits per heavy atom. The predicted octanol–water partition coefficient (Wildman–Crippen LogP) is -1.29. The minimum absolute atomic E-state index is 0. The standard InChI is InChI=1S/C10H14O5.3C3H7O.Zr/c1-6(2)10(14)15-5-4-8(7(3)11)9(12)13;3*1-3(2)4;/h8H,1,4-5H2,2-3H3,(H,12,13);3*3H,1-2H3;/q;3*-1;+4/p-1. The van der Waals surface area contributed by atoms with Crippen molar-refractivity contribution >= 4 is 17.7 Å². The van der Waals surface area contributed by atoms with Crippen molar-refractivity contribution in [2.75, 3.05) is 6.61 Å². The summed E-state index contributed by atoms with van der Waals surface area (Å²) in [6.07, 6.45) is -1.32. The Kier molecular flexibility index (Phi) is 32.6. The van der Waals surface area contributed by atoms with Crippen molar-refractivity contribution < 1.29 is 65.7 Å². The van der Waals surface area contributed by atoms with E-state index in [1.807, 2.05) is 0 Å². The van der Waals surface area contributed by atoms with Crippen LogP contribution in [0.2, 0.25) is 0 Å². The summed E-state index contributed by atoms with van der Waals surface area (Å²) in [5.74, 6) is -3.78. The van der Waals surface area contributed by atoms with E-state index in [0.717, 1.165) is 6.92 Å². The SMILES string of the molecule is C=C(C)C(=O)OCCC(C(C)=O)C(=O)[O-].CC(C)[O-].CC(C)[O-].CC(C)[O-].[Zr+4]. The number of ketones is 1. The summed E-state index contributed by atoms with van der Waals surface area (Å²) >= 11 is 0. The first-order valence-electron chi connectivity index (χ1n) is 8.57. The summed E-state index contributed by atoms with van der Waals surface area (Å²) in [6.45, 7) is 15.5. The zero-order valence-corrected chi connectivity index (χ0v) is 20.7. The van der Waals surface area contributed by atoms with Crippen molar-refractivity contribution in [3.8, 4) is 0 Å². The van der Waals surface area contributed by atoms with Gasteiger partial charge < -0.3 is 30.0 Å². The maximum Gasteiger partial charge on any atom is 4.00 e. The molecule has 0 radical (unpaired) electrons. The van der Waals surface area contributed by atoms with Crippen molar-refractivity contribution in [3.05, 3.63) is 12.2 Å². The molecule has 8 nitrogen and oxygen atoms in total. The number of hydrogen-bond donors (Lipinski definition) is 0. The van der Waals surface area contributed by atoms with Crippen LogP contribution in [0.15, 0.2) is 12.2 Å². The molecular weight excluding hydrogens is 447 g/mol. The van der Waals surface area contributed by atoms with Crippen molar-refractivity contribution in [1.29, 1.82) is 0 Å². The average molecular weight is 482 g/mol. The fourth-order valence-corrected chi connectivity index (χ4v) is 0.880. The summed E-state index contributed by atoms with van der Waals surface area (Å²) in [5.41, 5.74) is 0.225. The van der Waals surface area contributed by atoms with Crippen molar-refractivity contribution in [3.63, 3.8) is 0 Å². The number of esters is 1. The van der Waals surface area contributed by atoms with E-state index in [-0.39, 0.29) is 44.8 Å². The van der Waals surface area contributed by atoms with Crippen LogP contribution in [-0.4, -0.2) is 42.6 Å². The van der Waals surface area contributed by atoms with E-state index in [1.54, 1.807) is 41.5 Å². The molecule has 9 heteroatoms. The molecule has 0 N–H and O–H groups in total. The molecule has 0 bridgehead atoms. The first kappa shape index (κ1) is 37.8. The van der Waals surface area contributed by atoms with E-state index in [9.17, 15) is 34.8 Å². The summed E-state index contributed by atoms with van der Waals surface area (Å²) in [4.78, 5) is 32.2. The quantitative estimate of drug-likeness (QED) is 0.258. The Hall–Kier alpha value is -0.887. The van der Waals surface area contributed by atoms with E-state index in [2.05, 4.69) is 11.3 Å². The van der Waals surface area contributed by atoms with Crippen LogP contribution < -0.4 is 20.4 Å². The minimum atomic E-state index is -1.45. The molecule has 0 amide bonds. The van der Waals surface area contributed by atoms with Gasteiger partial charge in [-0.1, -0.05) is 48.1 Å². The van der Waals surface area contributed by atoms with Gasteiger partial charge in [-0.3, -0.25) is 4.79 Å². The molecule has 28 heavy (non-hydrogen) atoms. The molecule has 0 aliphatic carbocycles. The van der Waals surface area contributed by atoms with E-state index in [1.165, 1.54) is 6.92 Å². The van der Waals surface area contributed by atoms with Crippen LogP contribution in [0.25, 0.3) is 0 Å². The van der Waals surface area contributed by atoms with Crippen molar-refractivity contribution in [2.24, 2.45) is 5.92 Å². The normalized spacial score (nSPS) is 10.1. The van der Waals surface area contributed by atoms with E-state index in [0.29, 0.717) is 0 Å². The van der Waals surface area contributed by atoms with E-state index in [4.69, 9.17) is 0 Å². The number of carbonyl (C=O) groups is 3. The smallest absolute Gasteiger partial charge is 0.852 e. The molecule has 0 aliphatic heterocycles. The third-order valence-electron chi connectivity index (χ3n) is 1.76. The number of carbonyl (C=O) groups excluding carboxylic acids is 3. The summed E-state index contributed by atoms with van der Waals surface area (Å²) in [7, 11) is 0. The second-order valence-electron chi connectivity index (χ2n) is 6.33. The van der Waals surface area contributed by atoms with Gasteiger partial charge in [-0.2, -0.15) is 0 Å². The summed E-state index contributed by atoms with van der Waals surface area (Å²) in [5, 5.41) is 39.0. The summed E-state index contributed by atoms with van der Waals surface area (Å²) < 4.78 is 4.65. The monoisotopic (exact) mass is 480 g/mol. The fourth-order valence-electron chi connectivity index (χ4n) is 0.880. The molecule has 0 aromatic heterocycles. The molecule has 0 rings (SSSR count). The average Bonchev–Trinajstić information content (AvgIpc) is 2.40. The molecule has 162 valence electrons. The Bertz CT molecular complexity index is 384. The largest absolute Gasteiger partial charge is 4.00 e. The topological polar surface area (TPSA) is 153 Å². The summed E-state index contributed by atoms with van der Waals surface area (Å²) in [6, 6.07) is 0. The van der Waals surface area contributed by atoms with Gasteiger partial charge in [0.05, 0.1) is 18.5 Å². The zero-order chi connectivity index (χ0) is 22.7. The van der Waals surface area contributed by atoms with Crippen molar-refractivity contribution in [1.82, 2.24) is 0 Å². The molecule has 0 saturated carbocycles. The van der Waals surface area contributed by atoms with Crippen LogP contribution in [0, 0.1) is 5.92 Å². The molecular formula is C19H34O8Zr. The minimum Gasteiger partial charge on any atom is -0.852 e. The second kappa shape index (κ2) is 24.2. The number of ether oxygens (including phenoxy) is 1. The number of carboxylic acids is 1. The Labute approximate surface area is 188 Å². The van der Waals surface area contributed by atoms with Gasteiger partial charge in [-0.25, -0.2) is 4.79 Å². The van der Waals surface area contributed by atoms with Crippen LogP contribution in [0.3, 0.4) is 0 Å². The van der Waals surface area contributed by atoms with Gasteiger partial charge in [0, 0.05) is 5.57 Å². The van der Waals surface area contributed by atoms with Crippen molar-refractivity contribution in [2.45, 2.75) is 80.1 Å². The van der Waals surface area contributed by atoms with E-state index < -0.39 is 42.0 Å². The fraction of sp³-hybridized carbons (Fsp3) is 0.737. The van der Waals surface area contributed by atoms with E-state index >= 15 is 0 Å². The van der Waals surface area contributed by atoms with Gasteiger partial charge in [-0.15, -0.1) is 18.3 Å². The second-order valence-corrected chi connectivity index (χ2v) is 6.33. The van der Waals surface area contributed by atoms with Crippen LogP contribution in [0.4, 0.5) is 0 Å². The third kappa shape index (κ3) is 49.9. The number of hydrogen-bond acceptors (Lipinski definition) is 8. The molecule has 0 fully saturated rings. The number of carboxylic acid groups (broad SMARTS) is 1. The van der Waals surface area contributed by atoms with Gasteiger partial charge >= 0.3 is 32.2 Å². The predicted molar refractivity (Wildman–Crippen MR) is 95.0 cm³/mol. The van der Waals surface area contributed by atoms with Gasteiger partial charge in [0.1, 0.15) is 5.78 Å². The maximum atomic E-state index is 10.9. The number of aliphatic carboxylic acids is 1. The van der Waals surface area contributed by atoms with Gasteiger partial charge in [0.25, 0.3) is 0 Å². The zero-order valence-electron chi connectivity index (χ0n) is 18.2. The van der Waals surface area contributed by atoms with Gasteiger partial charge in [0.2, 0.25) is 0 Å². The first-order valence-corrected chi connectivity index (χ1v) is 8.57. The van der Waals surface area contributed by atoms with Crippen LogP contribution in [0.1, 0.15) is 61.8 Å². The Balaban J connectivity index is -0.000000111. The Morgan fingerprint density at radius 2 is 1.14 bits per heavy atom. The van der Waals surface area contributed by atoms with Crippen LogP contribution in [-0.2, 0) is 45.3 Å². The third-order valence-corrected chi connectivity index (χ3v) is 1.76. The maximum absolute atomic E-state index is 10.9.